The maximum absolute atomic E-state index is 12.1. The van der Waals surface area contributed by atoms with Crippen LogP contribution < -0.4 is 5.56 Å². The fourth-order valence-electron chi connectivity index (χ4n) is 2.65. The molecule has 1 unspecified atom stereocenters. The fourth-order valence-corrected chi connectivity index (χ4v) is 3.17. The number of benzene rings is 1. The Balaban J connectivity index is 2.32. The van der Waals surface area contributed by atoms with Gasteiger partial charge in [0.1, 0.15) is 5.56 Å². The largest absolute Gasteiger partial charge is 0.494 e. The van der Waals surface area contributed by atoms with E-state index in [-0.39, 0.29) is 35.2 Å². The van der Waals surface area contributed by atoms with Gasteiger partial charge in [-0.05, 0) is 43.8 Å². The first-order valence-corrected chi connectivity index (χ1v) is 9.04. The molecule has 0 aliphatic heterocycles. The first-order valence-electron chi connectivity index (χ1n) is 8.25. The number of rotatable bonds is 7. The molecule has 0 fully saturated rings. The molecule has 0 spiro atoms. The molecule has 0 saturated carbocycles. The molecule has 3 N–H and O–H groups in total. The summed E-state index contributed by atoms with van der Waals surface area (Å²) in [7, 11) is 0. The van der Waals surface area contributed by atoms with E-state index in [4.69, 9.17) is 28.9 Å². The molecule has 7 nitrogen and oxygen atoms in total. The number of H-pyrrole nitrogens is 1. The highest BCUT2D eigenvalue weighted by Gasteiger charge is 2.16. The summed E-state index contributed by atoms with van der Waals surface area (Å²) < 4.78 is 1.53. The minimum atomic E-state index is -0.959. The minimum absolute atomic E-state index is 0.0255. The Labute approximate surface area is 166 Å². The monoisotopic (exact) mass is 409 g/mol. The lowest BCUT2D eigenvalue weighted by Crippen LogP contribution is -2.20. The number of aliphatic carboxylic acids is 1. The van der Waals surface area contributed by atoms with Crippen LogP contribution in [0.2, 0.25) is 5.02 Å². The molecule has 1 aromatic heterocycles. The number of carboxylic acid groups (broad SMARTS) is 1. The number of carbonyl (C=O) groups is 1. The maximum atomic E-state index is 12.1. The van der Waals surface area contributed by atoms with Crippen LogP contribution in [-0.4, -0.2) is 38.5 Å². The highest BCUT2D eigenvalue weighted by molar-refractivity contribution is 7.71. The van der Waals surface area contributed by atoms with Gasteiger partial charge in [0.25, 0.3) is 5.56 Å². The summed E-state index contributed by atoms with van der Waals surface area (Å²) >= 11 is 10.9. The van der Waals surface area contributed by atoms with Crippen molar-refractivity contribution in [2.24, 2.45) is 4.99 Å². The van der Waals surface area contributed by atoms with Gasteiger partial charge >= 0.3 is 5.97 Å². The topological polar surface area (TPSA) is 108 Å². The van der Waals surface area contributed by atoms with Crippen LogP contribution in [0.3, 0.4) is 0 Å². The summed E-state index contributed by atoms with van der Waals surface area (Å²) in [6.07, 6.45) is 1.12. The van der Waals surface area contributed by atoms with Crippen molar-refractivity contribution in [2.75, 3.05) is 6.54 Å². The third-order valence-electron chi connectivity index (χ3n) is 3.98. The Morgan fingerprint density at radius 2 is 2.00 bits per heavy atom. The zero-order valence-electron chi connectivity index (χ0n) is 14.8. The van der Waals surface area contributed by atoms with Crippen LogP contribution in [0.4, 0.5) is 0 Å². The summed E-state index contributed by atoms with van der Waals surface area (Å²) in [6.45, 7) is 3.76. The van der Waals surface area contributed by atoms with Gasteiger partial charge in [-0.2, -0.15) is 0 Å². The van der Waals surface area contributed by atoms with Gasteiger partial charge in [0.15, 0.2) is 4.77 Å². The van der Waals surface area contributed by atoms with Gasteiger partial charge in [0.05, 0.1) is 6.42 Å². The molecule has 27 heavy (non-hydrogen) atoms. The van der Waals surface area contributed by atoms with Crippen LogP contribution in [-0.2, 0) is 4.79 Å². The van der Waals surface area contributed by atoms with Crippen molar-refractivity contribution in [3.05, 3.63) is 55.5 Å². The number of nitrogens with one attached hydrogen (secondary N) is 1. The van der Waals surface area contributed by atoms with Crippen molar-refractivity contribution in [2.45, 2.75) is 32.2 Å². The molecular formula is C18H20ClN3O4S. The highest BCUT2D eigenvalue weighted by atomic mass is 35.5. The van der Waals surface area contributed by atoms with Gasteiger partial charge in [-0.1, -0.05) is 23.7 Å². The number of hydrogen-bond donors (Lipinski definition) is 3. The summed E-state index contributed by atoms with van der Waals surface area (Å²) in [5, 5.41) is 20.1. The molecule has 9 heteroatoms. The Morgan fingerprint density at radius 3 is 2.56 bits per heavy atom. The van der Waals surface area contributed by atoms with Gasteiger partial charge in [0, 0.05) is 29.7 Å². The van der Waals surface area contributed by atoms with E-state index in [1.54, 1.807) is 24.3 Å². The average molecular weight is 410 g/mol. The van der Waals surface area contributed by atoms with Crippen LogP contribution in [0.25, 0.3) is 0 Å². The molecule has 2 aromatic rings. The van der Waals surface area contributed by atoms with Crippen LogP contribution >= 0.6 is 23.8 Å². The number of aromatic hydroxyl groups is 1. The summed E-state index contributed by atoms with van der Waals surface area (Å²) in [4.78, 5) is 30.0. The number of carboxylic acids is 1. The summed E-state index contributed by atoms with van der Waals surface area (Å²) in [5.74, 6) is -1.63. The number of halogens is 1. The quantitative estimate of drug-likeness (QED) is 0.479. The Morgan fingerprint density at radius 1 is 1.37 bits per heavy atom. The predicted molar refractivity (Wildman–Crippen MR) is 107 cm³/mol. The van der Waals surface area contributed by atoms with Crippen LogP contribution in [0.15, 0.2) is 34.1 Å². The van der Waals surface area contributed by atoms with Crippen molar-refractivity contribution < 1.29 is 15.0 Å². The number of aliphatic imine (C=N–C) groups is 1. The molecule has 1 heterocycles. The van der Waals surface area contributed by atoms with Gasteiger partial charge in [-0.3, -0.25) is 24.1 Å². The van der Waals surface area contributed by atoms with Gasteiger partial charge in [0.2, 0.25) is 5.88 Å². The zero-order valence-corrected chi connectivity index (χ0v) is 16.4. The van der Waals surface area contributed by atoms with Crippen molar-refractivity contribution in [1.29, 1.82) is 0 Å². The number of nitrogens with zero attached hydrogens (tertiary/aromatic N) is 2. The van der Waals surface area contributed by atoms with Crippen molar-refractivity contribution in [1.82, 2.24) is 9.55 Å². The zero-order chi connectivity index (χ0) is 20.1. The number of aromatic nitrogens is 2. The van der Waals surface area contributed by atoms with Crippen molar-refractivity contribution in [3.8, 4) is 5.88 Å². The molecule has 0 radical (unpaired) electrons. The van der Waals surface area contributed by atoms with Gasteiger partial charge in [-0.25, -0.2) is 0 Å². The Bertz CT molecular complexity index is 964. The summed E-state index contributed by atoms with van der Waals surface area (Å²) in [6, 6.07) is 6.69. The molecule has 0 saturated heterocycles. The molecule has 2 rings (SSSR count). The van der Waals surface area contributed by atoms with E-state index in [0.717, 1.165) is 5.56 Å². The van der Waals surface area contributed by atoms with Crippen LogP contribution in [0, 0.1) is 4.77 Å². The van der Waals surface area contributed by atoms with E-state index in [1.165, 1.54) is 10.8 Å². The molecule has 0 aliphatic rings. The summed E-state index contributed by atoms with van der Waals surface area (Å²) in [5.41, 5.74) is 0.192. The standard InChI is InChI=1S/C18H20ClN3O4S/c1-10(2)22-17(26)14(16(25)21-18(22)27)9-20-8-12(7-15(23)24)11-3-5-13(19)6-4-11/h3-6,9-10,12,26H,7-8H2,1-2H3,(H,23,24)(H,21,25,27). The molecule has 144 valence electrons. The first-order chi connectivity index (χ1) is 12.7. The van der Waals surface area contributed by atoms with E-state index in [2.05, 4.69) is 9.98 Å². The first kappa shape index (κ1) is 20.9. The van der Waals surface area contributed by atoms with Crippen molar-refractivity contribution >= 4 is 36.0 Å². The normalized spacial score (nSPS) is 12.6. The van der Waals surface area contributed by atoms with E-state index in [1.807, 2.05) is 13.8 Å². The lowest BCUT2D eigenvalue weighted by molar-refractivity contribution is -0.137. The molecule has 1 atom stereocenters. The lowest BCUT2D eigenvalue weighted by atomic mass is 9.96. The second-order valence-corrected chi connectivity index (χ2v) is 7.12. The molecule has 0 bridgehead atoms. The SMILES string of the molecule is CC(C)n1c(O)c(C=NCC(CC(=O)O)c2ccc(Cl)cc2)c(=O)[nH]c1=S. The number of aromatic amines is 1. The van der Waals surface area contributed by atoms with E-state index >= 15 is 0 Å². The maximum Gasteiger partial charge on any atom is 0.304 e. The second-order valence-electron chi connectivity index (χ2n) is 6.30. The highest BCUT2D eigenvalue weighted by Crippen LogP contribution is 2.23. The third kappa shape index (κ3) is 5.27. The predicted octanol–water partition coefficient (Wildman–Crippen LogP) is 3.52. The number of hydrogen-bond acceptors (Lipinski definition) is 5. The van der Waals surface area contributed by atoms with Gasteiger partial charge in [-0.15, -0.1) is 0 Å². The molecular weight excluding hydrogens is 390 g/mol. The van der Waals surface area contributed by atoms with Gasteiger partial charge < -0.3 is 10.2 Å². The smallest absolute Gasteiger partial charge is 0.304 e. The molecule has 0 amide bonds. The Hall–Kier alpha value is -2.45. The van der Waals surface area contributed by atoms with E-state index < -0.39 is 17.4 Å². The van der Waals surface area contributed by atoms with E-state index in [9.17, 15) is 14.7 Å². The average Bonchev–Trinajstić information content (AvgIpc) is 2.56. The minimum Gasteiger partial charge on any atom is -0.494 e. The Kier molecular flexibility index (Phi) is 6.92. The third-order valence-corrected chi connectivity index (χ3v) is 4.53. The molecule has 1 aromatic carbocycles. The fraction of sp³-hybridized carbons (Fsp3) is 0.333. The molecule has 0 aliphatic carbocycles. The van der Waals surface area contributed by atoms with Crippen molar-refractivity contribution in [3.63, 3.8) is 0 Å². The van der Waals surface area contributed by atoms with Crippen LogP contribution in [0.1, 0.15) is 43.4 Å². The van der Waals surface area contributed by atoms with Crippen LogP contribution in [0.5, 0.6) is 5.88 Å². The lowest BCUT2D eigenvalue weighted by Gasteiger charge is -2.15. The second kappa shape index (κ2) is 8.96. The van der Waals surface area contributed by atoms with E-state index in [0.29, 0.717) is 5.02 Å².